The average molecular weight is 225 g/mol. The summed E-state index contributed by atoms with van der Waals surface area (Å²) in [7, 11) is 0. The van der Waals surface area contributed by atoms with Crippen LogP contribution in [0.1, 0.15) is 20.8 Å². The fourth-order valence-corrected chi connectivity index (χ4v) is 1.24. The number of carbonyl (C=O) groups is 1. The number of nitrogens with zero attached hydrogens (tertiary/aromatic N) is 1. The van der Waals surface area contributed by atoms with E-state index >= 15 is 0 Å². The molecule has 0 saturated carbocycles. The molecule has 0 aliphatic carbocycles. The van der Waals surface area contributed by atoms with Crippen LogP contribution in [0.2, 0.25) is 0 Å². The molecule has 0 fully saturated rings. The van der Waals surface area contributed by atoms with Gasteiger partial charge in [0, 0.05) is 19.3 Å². The van der Waals surface area contributed by atoms with Crippen LogP contribution in [-0.2, 0) is 4.74 Å². The second-order valence-corrected chi connectivity index (χ2v) is 4.48. The van der Waals surface area contributed by atoms with E-state index in [0.717, 1.165) is 0 Å². The maximum atomic E-state index is 11.9. The molecule has 1 rings (SSSR count). The zero-order valence-corrected chi connectivity index (χ0v) is 9.99. The molecule has 0 aliphatic rings. The van der Waals surface area contributed by atoms with Crippen molar-refractivity contribution < 1.29 is 9.53 Å². The molecule has 1 aromatic heterocycles. The van der Waals surface area contributed by atoms with Crippen LogP contribution in [0.15, 0.2) is 18.3 Å². The molecule has 0 bridgehead atoms. The highest BCUT2D eigenvalue weighted by Crippen LogP contribution is 2.15. The summed E-state index contributed by atoms with van der Waals surface area (Å²) in [5.41, 5.74) is 4.97. The van der Waals surface area contributed by atoms with Crippen molar-refractivity contribution in [3.63, 3.8) is 0 Å². The number of nitrogens with two attached hydrogens (primary N) is 1. The van der Waals surface area contributed by atoms with Crippen molar-refractivity contribution in [3.8, 4) is 0 Å². The van der Waals surface area contributed by atoms with Crippen LogP contribution in [0, 0.1) is 0 Å². The van der Waals surface area contributed by atoms with E-state index in [1.165, 1.54) is 4.90 Å². The van der Waals surface area contributed by atoms with Gasteiger partial charge in [-0.1, -0.05) is 0 Å². The third-order valence-electron chi connectivity index (χ3n) is 1.84. The summed E-state index contributed by atoms with van der Waals surface area (Å²) in [5.74, 6) is 0.694. The molecule has 5 heteroatoms. The molecule has 0 atom stereocenters. The summed E-state index contributed by atoms with van der Waals surface area (Å²) < 4.78 is 5.29. The lowest BCUT2D eigenvalue weighted by molar-refractivity contribution is 0.0580. The molecule has 0 unspecified atom stereocenters. The molecule has 0 saturated heterocycles. The lowest BCUT2D eigenvalue weighted by Crippen LogP contribution is -2.39. The molecule has 90 valence electrons. The van der Waals surface area contributed by atoms with Crippen LogP contribution in [-0.4, -0.2) is 29.8 Å². The SMILES string of the molecule is CC(C)(C)OC(=O)N(CCN)c1ccc[nH]1. The lowest BCUT2D eigenvalue weighted by atomic mass is 10.2. The summed E-state index contributed by atoms with van der Waals surface area (Å²) in [6.45, 7) is 6.31. The predicted molar refractivity (Wildman–Crippen MR) is 63.4 cm³/mol. The topological polar surface area (TPSA) is 71.3 Å². The van der Waals surface area contributed by atoms with E-state index < -0.39 is 5.60 Å². The van der Waals surface area contributed by atoms with Gasteiger partial charge in [0.25, 0.3) is 0 Å². The van der Waals surface area contributed by atoms with Gasteiger partial charge in [0.15, 0.2) is 0 Å². The first-order valence-corrected chi connectivity index (χ1v) is 5.28. The first kappa shape index (κ1) is 12.6. The second-order valence-electron chi connectivity index (χ2n) is 4.48. The number of rotatable bonds is 3. The summed E-state index contributed by atoms with van der Waals surface area (Å²) in [5, 5.41) is 0. The normalized spacial score (nSPS) is 11.2. The molecular weight excluding hydrogens is 206 g/mol. The highest BCUT2D eigenvalue weighted by molar-refractivity contribution is 5.86. The lowest BCUT2D eigenvalue weighted by Gasteiger charge is -2.26. The van der Waals surface area contributed by atoms with Crippen LogP contribution in [0.25, 0.3) is 0 Å². The minimum Gasteiger partial charge on any atom is -0.443 e. The van der Waals surface area contributed by atoms with Gasteiger partial charge in [0.05, 0.1) is 0 Å². The van der Waals surface area contributed by atoms with Crippen molar-refractivity contribution in [1.29, 1.82) is 0 Å². The molecule has 16 heavy (non-hydrogen) atoms. The van der Waals surface area contributed by atoms with Crippen LogP contribution >= 0.6 is 0 Å². The minimum absolute atomic E-state index is 0.387. The predicted octanol–water partition coefficient (Wildman–Crippen LogP) is 1.71. The Labute approximate surface area is 95.6 Å². The summed E-state index contributed by atoms with van der Waals surface area (Å²) >= 11 is 0. The van der Waals surface area contributed by atoms with Crippen LogP contribution in [0.5, 0.6) is 0 Å². The zero-order valence-electron chi connectivity index (χ0n) is 9.99. The van der Waals surface area contributed by atoms with Crippen molar-refractivity contribution in [2.24, 2.45) is 5.73 Å². The van der Waals surface area contributed by atoms with E-state index in [1.807, 2.05) is 26.8 Å². The Hall–Kier alpha value is -1.49. The van der Waals surface area contributed by atoms with E-state index in [-0.39, 0.29) is 6.09 Å². The summed E-state index contributed by atoms with van der Waals surface area (Å²) in [6, 6.07) is 3.63. The monoisotopic (exact) mass is 225 g/mol. The van der Waals surface area contributed by atoms with Crippen LogP contribution < -0.4 is 10.6 Å². The number of ether oxygens (including phenoxy) is 1. The molecule has 0 radical (unpaired) electrons. The van der Waals surface area contributed by atoms with Gasteiger partial charge in [-0.2, -0.15) is 0 Å². The summed E-state index contributed by atoms with van der Waals surface area (Å²) in [4.78, 5) is 16.3. The molecular formula is C11H19N3O2. The van der Waals surface area contributed by atoms with E-state index in [2.05, 4.69) is 4.98 Å². The van der Waals surface area contributed by atoms with Crippen LogP contribution in [0.4, 0.5) is 10.6 Å². The quantitative estimate of drug-likeness (QED) is 0.822. The van der Waals surface area contributed by atoms with E-state index in [1.54, 1.807) is 12.3 Å². The third-order valence-corrected chi connectivity index (χ3v) is 1.84. The Morgan fingerprint density at radius 1 is 1.56 bits per heavy atom. The van der Waals surface area contributed by atoms with Gasteiger partial charge in [0.2, 0.25) is 0 Å². The van der Waals surface area contributed by atoms with Crippen molar-refractivity contribution in [2.75, 3.05) is 18.0 Å². The molecule has 5 nitrogen and oxygen atoms in total. The van der Waals surface area contributed by atoms with Gasteiger partial charge >= 0.3 is 6.09 Å². The Balaban J connectivity index is 2.75. The number of nitrogens with one attached hydrogen (secondary N) is 1. The van der Waals surface area contributed by atoms with E-state index in [0.29, 0.717) is 18.9 Å². The molecule has 0 aliphatic heterocycles. The Bertz CT molecular complexity index is 327. The number of hydrogen-bond acceptors (Lipinski definition) is 3. The smallest absolute Gasteiger partial charge is 0.415 e. The van der Waals surface area contributed by atoms with Crippen molar-refractivity contribution in [2.45, 2.75) is 26.4 Å². The van der Waals surface area contributed by atoms with Gasteiger partial charge < -0.3 is 15.5 Å². The fraction of sp³-hybridized carbons (Fsp3) is 0.545. The van der Waals surface area contributed by atoms with Crippen molar-refractivity contribution in [3.05, 3.63) is 18.3 Å². The molecule has 1 aromatic rings. The minimum atomic E-state index is -0.503. The van der Waals surface area contributed by atoms with Crippen molar-refractivity contribution in [1.82, 2.24) is 4.98 Å². The molecule has 0 spiro atoms. The first-order chi connectivity index (χ1) is 7.44. The standard InChI is InChI=1S/C11H19N3O2/c1-11(2,3)16-10(15)14(8-6-12)9-5-4-7-13-9/h4-5,7,13H,6,8,12H2,1-3H3. The third kappa shape index (κ3) is 3.58. The number of anilines is 1. The van der Waals surface area contributed by atoms with E-state index in [4.69, 9.17) is 10.5 Å². The largest absolute Gasteiger partial charge is 0.443 e. The van der Waals surface area contributed by atoms with Gasteiger partial charge in [-0.05, 0) is 32.9 Å². The Morgan fingerprint density at radius 2 is 2.25 bits per heavy atom. The highest BCUT2D eigenvalue weighted by Gasteiger charge is 2.23. The number of amides is 1. The zero-order chi connectivity index (χ0) is 12.2. The van der Waals surface area contributed by atoms with Gasteiger partial charge in [-0.25, -0.2) is 4.79 Å². The molecule has 3 N–H and O–H groups in total. The number of aromatic nitrogens is 1. The first-order valence-electron chi connectivity index (χ1n) is 5.28. The Morgan fingerprint density at radius 3 is 2.69 bits per heavy atom. The number of carbonyl (C=O) groups excluding carboxylic acids is 1. The van der Waals surface area contributed by atoms with Gasteiger partial charge in [-0.15, -0.1) is 0 Å². The molecule has 1 heterocycles. The highest BCUT2D eigenvalue weighted by atomic mass is 16.6. The number of hydrogen-bond donors (Lipinski definition) is 2. The second kappa shape index (κ2) is 5.03. The fourth-order valence-electron chi connectivity index (χ4n) is 1.24. The molecule has 1 amide bonds. The van der Waals surface area contributed by atoms with Crippen molar-refractivity contribution >= 4 is 11.9 Å². The number of H-pyrrole nitrogens is 1. The van der Waals surface area contributed by atoms with Gasteiger partial charge in [0.1, 0.15) is 11.4 Å². The Kier molecular flexibility index (Phi) is 3.95. The average Bonchev–Trinajstić information content (AvgIpc) is 2.63. The summed E-state index contributed by atoms with van der Waals surface area (Å²) in [6.07, 6.45) is 1.36. The maximum absolute atomic E-state index is 11.9. The van der Waals surface area contributed by atoms with Crippen LogP contribution in [0.3, 0.4) is 0 Å². The van der Waals surface area contributed by atoms with Gasteiger partial charge in [-0.3, -0.25) is 4.90 Å². The number of aromatic amines is 1. The van der Waals surface area contributed by atoms with E-state index in [9.17, 15) is 4.79 Å². The molecule has 0 aromatic carbocycles. The maximum Gasteiger partial charge on any atom is 0.415 e.